The Labute approximate surface area is 164 Å². The molecule has 0 saturated carbocycles. The van der Waals surface area contributed by atoms with Crippen molar-refractivity contribution in [1.29, 1.82) is 0 Å². The van der Waals surface area contributed by atoms with Gasteiger partial charge in [-0.2, -0.15) is 0 Å². The summed E-state index contributed by atoms with van der Waals surface area (Å²) in [6.07, 6.45) is 3.20. The summed E-state index contributed by atoms with van der Waals surface area (Å²) < 4.78 is 0. The second kappa shape index (κ2) is 9.16. The minimum Gasteiger partial charge on any atom is -0.363 e. The van der Waals surface area contributed by atoms with Crippen LogP contribution in [0.15, 0.2) is 48.0 Å². The van der Waals surface area contributed by atoms with Crippen molar-refractivity contribution >= 4 is 39.6 Å². The largest absolute Gasteiger partial charge is 0.363 e. The fourth-order valence-electron chi connectivity index (χ4n) is 3.09. The zero-order chi connectivity index (χ0) is 18.4. The fraction of sp³-hybridized carbons (Fsp3) is 0.350. The van der Waals surface area contributed by atoms with Crippen LogP contribution in [-0.4, -0.2) is 48.7 Å². The van der Waals surface area contributed by atoms with Gasteiger partial charge in [0.15, 0.2) is 5.11 Å². The van der Waals surface area contributed by atoms with E-state index in [9.17, 15) is 0 Å². The molecule has 138 valence electrons. The number of aromatic amines is 1. The van der Waals surface area contributed by atoms with E-state index in [0.29, 0.717) is 0 Å². The summed E-state index contributed by atoms with van der Waals surface area (Å²) in [5.41, 5.74) is 2.49. The summed E-state index contributed by atoms with van der Waals surface area (Å²) >= 11 is 7.26. The zero-order valence-corrected chi connectivity index (χ0v) is 16.9. The van der Waals surface area contributed by atoms with Crippen LogP contribution in [0.3, 0.4) is 0 Å². The van der Waals surface area contributed by atoms with Crippen molar-refractivity contribution in [3.05, 3.63) is 58.4 Å². The Hall–Kier alpha value is -1.89. The molecule has 0 aliphatic rings. The van der Waals surface area contributed by atoms with E-state index in [1.807, 2.05) is 0 Å². The number of thiophene rings is 1. The number of rotatable bonds is 8. The molecule has 0 aliphatic carbocycles. The molecule has 0 radical (unpaired) electrons. The van der Waals surface area contributed by atoms with Gasteiger partial charge in [0.1, 0.15) is 0 Å². The third-order valence-electron chi connectivity index (χ3n) is 4.42. The molecular weight excluding hydrogens is 360 g/mol. The molecule has 3 N–H and O–H groups in total. The molecule has 3 rings (SSSR count). The van der Waals surface area contributed by atoms with Crippen LogP contribution in [0, 0.1) is 0 Å². The molecule has 1 aromatic carbocycles. The first-order valence-electron chi connectivity index (χ1n) is 8.91. The standard InChI is InChI=1S/C20H26N4S2/c1-24(2)11-6-10-21-20(25)23-14-17(19-9-5-12-26-19)16-13-22-18-8-4-3-7-15(16)18/h3-5,7-9,12-13,17,22H,6,10-11,14H2,1-2H3,(H2,21,23,25). The molecule has 0 aliphatic heterocycles. The lowest BCUT2D eigenvalue weighted by Gasteiger charge is -2.18. The van der Waals surface area contributed by atoms with E-state index in [2.05, 4.69) is 82.6 Å². The highest BCUT2D eigenvalue weighted by atomic mass is 32.1. The van der Waals surface area contributed by atoms with Gasteiger partial charge in [-0.05, 0) is 62.4 Å². The zero-order valence-electron chi connectivity index (χ0n) is 15.3. The van der Waals surface area contributed by atoms with Crippen molar-refractivity contribution in [2.75, 3.05) is 33.7 Å². The van der Waals surface area contributed by atoms with Crippen molar-refractivity contribution in [1.82, 2.24) is 20.5 Å². The molecular formula is C20H26N4S2. The van der Waals surface area contributed by atoms with Gasteiger partial charge >= 0.3 is 0 Å². The van der Waals surface area contributed by atoms with Crippen LogP contribution in [0.2, 0.25) is 0 Å². The second-order valence-corrected chi connectivity index (χ2v) is 8.04. The molecule has 0 saturated heterocycles. The molecule has 1 unspecified atom stereocenters. The molecule has 4 nitrogen and oxygen atoms in total. The molecule has 0 bridgehead atoms. The Morgan fingerprint density at radius 2 is 2.04 bits per heavy atom. The maximum absolute atomic E-state index is 5.47. The van der Waals surface area contributed by atoms with Crippen molar-refractivity contribution in [2.45, 2.75) is 12.3 Å². The van der Waals surface area contributed by atoms with Gasteiger partial charge in [-0.15, -0.1) is 11.3 Å². The van der Waals surface area contributed by atoms with Crippen LogP contribution in [0.4, 0.5) is 0 Å². The van der Waals surface area contributed by atoms with Crippen molar-refractivity contribution < 1.29 is 0 Å². The molecule has 0 fully saturated rings. The van der Waals surface area contributed by atoms with Gasteiger partial charge < -0.3 is 20.5 Å². The highest BCUT2D eigenvalue weighted by Gasteiger charge is 2.19. The molecule has 2 aromatic heterocycles. The van der Waals surface area contributed by atoms with Gasteiger partial charge in [-0.3, -0.25) is 0 Å². The van der Waals surface area contributed by atoms with Gasteiger partial charge in [0.05, 0.1) is 0 Å². The predicted molar refractivity (Wildman–Crippen MR) is 116 cm³/mol. The molecule has 0 amide bonds. The van der Waals surface area contributed by atoms with E-state index in [1.165, 1.54) is 21.3 Å². The fourth-order valence-corrected chi connectivity index (χ4v) is 4.12. The topological polar surface area (TPSA) is 43.1 Å². The van der Waals surface area contributed by atoms with E-state index in [1.54, 1.807) is 11.3 Å². The van der Waals surface area contributed by atoms with Crippen molar-refractivity contribution in [3.8, 4) is 0 Å². The van der Waals surface area contributed by atoms with Crippen LogP contribution >= 0.6 is 23.6 Å². The van der Waals surface area contributed by atoms with Gasteiger partial charge in [-0.25, -0.2) is 0 Å². The normalized spacial score (nSPS) is 12.4. The van der Waals surface area contributed by atoms with Gasteiger partial charge in [0.2, 0.25) is 0 Å². The number of benzene rings is 1. The average Bonchev–Trinajstić information content (AvgIpc) is 3.29. The van der Waals surface area contributed by atoms with E-state index in [0.717, 1.165) is 31.2 Å². The lowest BCUT2D eigenvalue weighted by atomic mass is 9.97. The van der Waals surface area contributed by atoms with Crippen LogP contribution in [0.25, 0.3) is 10.9 Å². The maximum Gasteiger partial charge on any atom is 0.166 e. The van der Waals surface area contributed by atoms with E-state index in [-0.39, 0.29) is 5.92 Å². The maximum atomic E-state index is 5.47. The average molecular weight is 387 g/mol. The second-order valence-electron chi connectivity index (χ2n) is 6.65. The molecule has 6 heteroatoms. The summed E-state index contributed by atoms with van der Waals surface area (Å²) in [6.45, 7) is 2.73. The van der Waals surface area contributed by atoms with Gasteiger partial charge in [0.25, 0.3) is 0 Å². The number of aromatic nitrogens is 1. The predicted octanol–water partition coefficient (Wildman–Crippen LogP) is 3.78. The Balaban J connectivity index is 1.66. The summed E-state index contributed by atoms with van der Waals surface area (Å²) in [6, 6.07) is 12.8. The highest BCUT2D eigenvalue weighted by molar-refractivity contribution is 7.80. The number of hydrogen-bond acceptors (Lipinski definition) is 3. The smallest absolute Gasteiger partial charge is 0.166 e. The molecule has 1 atom stereocenters. The van der Waals surface area contributed by atoms with Crippen LogP contribution in [0.5, 0.6) is 0 Å². The lowest BCUT2D eigenvalue weighted by Crippen LogP contribution is -2.38. The first-order valence-corrected chi connectivity index (χ1v) is 10.2. The third-order valence-corrected chi connectivity index (χ3v) is 5.69. The van der Waals surface area contributed by atoms with Crippen LogP contribution in [0.1, 0.15) is 22.8 Å². The van der Waals surface area contributed by atoms with E-state index in [4.69, 9.17) is 12.2 Å². The summed E-state index contributed by atoms with van der Waals surface area (Å²) in [4.78, 5) is 6.92. The quantitative estimate of drug-likeness (QED) is 0.407. The minimum absolute atomic E-state index is 0.271. The van der Waals surface area contributed by atoms with Crippen molar-refractivity contribution in [3.63, 3.8) is 0 Å². The van der Waals surface area contributed by atoms with Crippen LogP contribution in [-0.2, 0) is 0 Å². The SMILES string of the molecule is CN(C)CCCNC(=S)NCC(c1cccs1)c1c[nH]c2ccccc12. The van der Waals surface area contributed by atoms with Crippen molar-refractivity contribution in [2.24, 2.45) is 0 Å². The molecule has 3 aromatic rings. The number of nitrogens with one attached hydrogen (secondary N) is 3. The Morgan fingerprint density at radius 1 is 1.19 bits per heavy atom. The number of para-hydroxylation sites is 1. The Kier molecular flexibility index (Phi) is 6.66. The first-order chi connectivity index (χ1) is 12.6. The lowest BCUT2D eigenvalue weighted by molar-refractivity contribution is 0.400. The molecule has 2 heterocycles. The number of hydrogen-bond donors (Lipinski definition) is 3. The summed E-state index contributed by atoms with van der Waals surface area (Å²) in [5, 5.41) is 10.9. The van der Waals surface area contributed by atoms with Gasteiger partial charge in [-0.1, -0.05) is 24.3 Å². The highest BCUT2D eigenvalue weighted by Crippen LogP contribution is 2.32. The third kappa shape index (κ3) is 4.84. The molecule has 26 heavy (non-hydrogen) atoms. The molecule has 0 spiro atoms. The van der Waals surface area contributed by atoms with Gasteiger partial charge in [0, 0.05) is 41.0 Å². The summed E-state index contributed by atoms with van der Waals surface area (Å²) in [7, 11) is 4.17. The number of H-pyrrole nitrogens is 1. The first kappa shape index (κ1) is 18.9. The minimum atomic E-state index is 0.271. The Morgan fingerprint density at radius 3 is 2.81 bits per heavy atom. The monoisotopic (exact) mass is 386 g/mol. The number of thiocarbonyl (C=S) groups is 1. The van der Waals surface area contributed by atoms with E-state index >= 15 is 0 Å². The van der Waals surface area contributed by atoms with Crippen LogP contribution < -0.4 is 10.6 Å². The number of nitrogens with zero attached hydrogens (tertiary/aromatic N) is 1. The van der Waals surface area contributed by atoms with E-state index < -0.39 is 0 Å². The Bertz CT molecular complexity index is 823. The summed E-state index contributed by atoms with van der Waals surface area (Å²) in [5.74, 6) is 0.271. The number of fused-ring (bicyclic) bond motifs is 1.